The lowest BCUT2D eigenvalue weighted by atomic mass is 10.0. The summed E-state index contributed by atoms with van der Waals surface area (Å²) in [6.45, 7) is 1.78. The molecule has 0 fully saturated rings. The molecule has 0 aliphatic heterocycles. The number of nitrogens with zero attached hydrogens (tertiary/aromatic N) is 1. The highest BCUT2D eigenvalue weighted by atomic mass is 35.5. The van der Waals surface area contributed by atoms with Gasteiger partial charge in [0, 0.05) is 11.6 Å². The number of carbonyl (C=O) groups is 1. The number of halogens is 1. The number of hydrogen-bond acceptors (Lipinski definition) is 4. The molecular formula is C11H12ClNO4. The van der Waals surface area contributed by atoms with Crippen molar-refractivity contribution >= 4 is 23.3 Å². The number of nitro benzene ring substituents is 1. The average molecular weight is 258 g/mol. The van der Waals surface area contributed by atoms with Gasteiger partial charge in [-0.2, -0.15) is 0 Å². The molecule has 0 aliphatic carbocycles. The largest absolute Gasteiger partial charge is 0.469 e. The maximum absolute atomic E-state index is 11.2. The van der Waals surface area contributed by atoms with E-state index in [0.29, 0.717) is 11.1 Å². The molecule has 0 aromatic heterocycles. The molecule has 0 spiro atoms. The molecule has 1 aromatic rings. The SMILES string of the molecule is COC(=O)Cc1cc([N+](=O)[O-])c(CCl)cc1C. The van der Waals surface area contributed by atoms with Gasteiger partial charge in [0.15, 0.2) is 0 Å². The van der Waals surface area contributed by atoms with Gasteiger partial charge >= 0.3 is 5.97 Å². The maximum atomic E-state index is 11.2. The van der Waals surface area contributed by atoms with E-state index in [9.17, 15) is 14.9 Å². The van der Waals surface area contributed by atoms with Crippen molar-refractivity contribution in [2.45, 2.75) is 19.2 Å². The van der Waals surface area contributed by atoms with Crippen LogP contribution in [0.15, 0.2) is 12.1 Å². The van der Waals surface area contributed by atoms with Crippen LogP contribution in [-0.2, 0) is 21.8 Å². The van der Waals surface area contributed by atoms with E-state index < -0.39 is 10.9 Å². The van der Waals surface area contributed by atoms with E-state index in [2.05, 4.69) is 4.74 Å². The maximum Gasteiger partial charge on any atom is 0.309 e. The Kier molecular flexibility index (Phi) is 4.45. The first-order valence-electron chi connectivity index (χ1n) is 4.89. The molecule has 0 amide bonds. The van der Waals surface area contributed by atoms with Crippen LogP contribution in [0.4, 0.5) is 5.69 Å². The van der Waals surface area contributed by atoms with Crippen molar-refractivity contribution in [3.63, 3.8) is 0 Å². The second-order valence-corrected chi connectivity index (χ2v) is 3.82. The molecule has 17 heavy (non-hydrogen) atoms. The number of methoxy groups -OCH3 is 1. The van der Waals surface area contributed by atoms with E-state index in [1.807, 2.05) is 0 Å². The minimum absolute atomic E-state index is 0.0196. The van der Waals surface area contributed by atoms with Crippen LogP contribution >= 0.6 is 11.6 Å². The summed E-state index contributed by atoms with van der Waals surface area (Å²) < 4.78 is 4.53. The first-order chi connectivity index (χ1) is 7.99. The van der Waals surface area contributed by atoms with Gasteiger partial charge in [-0.1, -0.05) is 0 Å². The van der Waals surface area contributed by atoms with E-state index in [0.717, 1.165) is 5.56 Å². The van der Waals surface area contributed by atoms with Gasteiger partial charge in [-0.05, 0) is 24.1 Å². The number of nitro groups is 1. The van der Waals surface area contributed by atoms with Gasteiger partial charge < -0.3 is 4.74 Å². The lowest BCUT2D eigenvalue weighted by Crippen LogP contribution is -2.07. The molecule has 0 atom stereocenters. The van der Waals surface area contributed by atoms with Crippen molar-refractivity contribution in [2.24, 2.45) is 0 Å². The van der Waals surface area contributed by atoms with Gasteiger partial charge in [0.05, 0.1) is 24.3 Å². The van der Waals surface area contributed by atoms with Gasteiger partial charge in [-0.25, -0.2) is 0 Å². The summed E-state index contributed by atoms with van der Waals surface area (Å²) >= 11 is 5.64. The zero-order chi connectivity index (χ0) is 13.0. The molecule has 0 bridgehead atoms. The van der Waals surface area contributed by atoms with Crippen molar-refractivity contribution in [1.29, 1.82) is 0 Å². The molecule has 5 nitrogen and oxygen atoms in total. The zero-order valence-corrected chi connectivity index (χ0v) is 10.3. The predicted octanol–water partition coefficient (Wildman–Crippen LogP) is 2.36. The number of ether oxygens (including phenoxy) is 1. The summed E-state index contributed by atoms with van der Waals surface area (Å²) in [4.78, 5) is 21.5. The van der Waals surface area contributed by atoms with Crippen molar-refractivity contribution in [1.82, 2.24) is 0 Å². The number of aryl methyl sites for hydroxylation is 1. The first kappa shape index (κ1) is 13.4. The van der Waals surface area contributed by atoms with Gasteiger partial charge in [0.25, 0.3) is 5.69 Å². The Labute approximate surface area is 103 Å². The molecule has 0 saturated carbocycles. The Morgan fingerprint density at radius 1 is 1.47 bits per heavy atom. The standard InChI is InChI=1S/C11H12ClNO4/c1-7-3-9(6-12)10(13(15)16)4-8(7)5-11(14)17-2/h3-4H,5-6H2,1-2H3. The fraction of sp³-hybridized carbons (Fsp3) is 0.364. The van der Waals surface area contributed by atoms with E-state index in [1.165, 1.54) is 13.2 Å². The number of esters is 1. The molecule has 0 radical (unpaired) electrons. The number of benzene rings is 1. The van der Waals surface area contributed by atoms with Gasteiger partial charge in [-0.15, -0.1) is 11.6 Å². The molecule has 0 unspecified atom stereocenters. The third kappa shape index (κ3) is 3.17. The molecule has 0 aliphatic rings. The molecule has 0 heterocycles. The van der Waals surface area contributed by atoms with Gasteiger partial charge in [0.1, 0.15) is 0 Å². The fourth-order valence-corrected chi connectivity index (χ4v) is 1.71. The van der Waals surface area contributed by atoms with Crippen molar-refractivity contribution in [3.8, 4) is 0 Å². The first-order valence-corrected chi connectivity index (χ1v) is 5.42. The topological polar surface area (TPSA) is 69.4 Å². The zero-order valence-electron chi connectivity index (χ0n) is 9.53. The molecule has 1 aromatic carbocycles. The van der Waals surface area contributed by atoms with Crippen LogP contribution in [-0.4, -0.2) is 18.0 Å². The lowest BCUT2D eigenvalue weighted by Gasteiger charge is -2.07. The quantitative estimate of drug-likeness (QED) is 0.359. The van der Waals surface area contributed by atoms with Crippen LogP contribution in [0.3, 0.4) is 0 Å². The highest BCUT2D eigenvalue weighted by Crippen LogP contribution is 2.25. The molecule has 92 valence electrons. The Morgan fingerprint density at radius 2 is 2.12 bits per heavy atom. The predicted molar refractivity (Wildman–Crippen MR) is 63.1 cm³/mol. The molecule has 0 N–H and O–H groups in total. The van der Waals surface area contributed by atoms with Crippen LogP contribution in [0.25, 0.3) is 0 Å². The van der Waals surface area contributed by atoms with E-state index in [-0.39, 0.29) is 18.0 Å². The number of carbonyl (C=O) groups excluding carboxylic acids is 1. The van der Waals surface area contributed by atoms with Crippen LogP contribution < -0.4 is 0 Å². The smallest absolute Gasteiger partial charge is 0.309 e. The van der Waals surface area contributed by atoms with Crippen molar-refractivity contribution in [3.05, 3.63) is 38.9 Å². The third-order valence-corrected chi connectivity index (χ3v) is 2.73. The Hall–Kier alpha value is -1.62. The van der Waals surface area contributed by atoms with Crippen LogP contribution in [0.5, 0.6) is 0 Å². The molecule has 6 heteroatoms. The van der Waals surface area contributed by atoms with E-state index in [1.54, 1.807) is 13.0 Å². The van der Waals surface area contributed by atoms with E-state index >= 15 is 0 Å². The fourth-order valence-electron chi connectivity index (χ4n) is 1.49. The summed E-state index contributed by atoms with van der Waals surface area (Å²) in [5, 5.41) is 10.8. The highest BCUT2D eigenvalue weighted by Gasteiger charge is 2.17. The molecule has 1 rings (SSSR count). The number of alkyl halides is 1. The summed E-state index contributed by atoms with van der Waals surface area (Å²) in [6.07, 6.45) is 0.0196. The number of rotatable bonds is 4. The minimum atomic E-state index is -0.502. The Morgan fingerprint density at radius 3 is 2.59 bits per heavy atom. The monoisotopic (exact) mass is 257 g/mol. The number of hydrogen-bond donors (Lipinski definition) is 0. The van der Waals surface area contributed by atoms with Crippen LogP contribution in [0.1, 0.15) is 16.7 Å². The third-order valence-electron chi connectivity index (χ3n) is 2.44. The molecule has 0 saturated heterocycles. The van der Waals surface area contributed by atoms with Crippen molar-refractivity contribution in [2.75, 3.05) is 7.11 Å². The van der Waals surface area contributed by atoms with E-state index in [4.69, 9.17) is 11.6 Å². The summed E-state index contributed by atoms with van der Waals surface area (Å²) in [5.41, 5.74) is 1.75. The Balaban J connectivity index is 3.19. The van der Waals surface area contributed by atoms with Crippen molar-refractivity contribution < 1.29 is 14.5 Å². The highest BCUT2D eigenvalue weighted by molar-refractivity contribution is 6.17. The second kappa shape index (κ2) is 5.63. The van der Waals surface area contributed by atoms with Crippen LogP contribution in [0, 0.1) is 17.0 Å². The average Bonchev–Trinajstić information content (AvgIpc) is 2.30. The lowest BCUT2D eigenvalue weighted by molar-refractivity contribution is -0.385. The van der Waals surface area contributed by atoms with Gasteiger partial charge in [-0.3, -0.25) is 14.9 Å². The summed E-state index contributed by atoms with van der Waals surface area (Å²) in [5.74, 6) is -0.364. The minimum Gasteiger partial charge on any atom is -0.469 e. The molecular weight excluding hydrogens is 246 g/mol. The Bertz CT molecular complexity index is 459. The summed E-state index contributed by atoms with van der Waals surface area (Å²) in [7, 11) is 1.28. The van der Waals surface area contributed by atoms with Gasteiger partial charge in [0.2, 0.25) is 0 Å². The van der Waals surface area contributed by atoms with Crippen LogP contribution in [0.2, 0.25) is 0 Å². The summed E-state index contributed by atoms with van der Waals surface area (Å²) in [6, 6.07) is 3.01. The second-order valence-electron chi connectivity index (χ2n) is 3.55. The normalized spacial score (nSPS) is 10.1.